The van der Waals surface area contributed by atoms with Gasteiger partial charge in [0, 0.05) is 91.3 Å². The highest BCUT2D eigenvalue weighted by atomic mass is 32.1. The van der Waals surface area contributed by atoms with E-state index in [0.29, 0.717) is 0 Å². The molecule has 1 saturated carbocycles. The van der Waals surface area contributed by atoms with E-state index in [2.05, 4.69) is 230 Å². The van der Waals surface area contributed by atoms with Gasteiger partial charge in [0.2, 0.25) is 0 Å². The van der Waals surface area contributed by atoms with Crippen molar-refractivity contribution in [3.05, 3.63) is 173 Å². The molecule has 2 atom stereocenters. The topological polar surface area (TPSA) is 9.72 Å². The Labute approximate surface area is 433 Å². The number of hydrogen-bond acceptors (Lipinski definition) is 5. The molecule has 1 aliphatic carbocycles. The number of thiophene rings is 2. The van der Waals surface area contributed by atoms with Crippen LogP contribution in [0.2, 0.25) is 0 Å². The van der Waals surface area contributed by atoms with Gasteiger partial charge in [-0.2, -0.15) is 0 Å². The molecular weight excluding hydrogens is 910 g/mol. The minimum Gasteiger partial charge on any atom is -0.334 e. The Hall–Kier alpha value is -6.34. The largest absolute Gasteiger partial charge is 0.334 e. The van der Waals surface area contributed by atoms with Crippen molar-refractivity contribution in [3.63, 3.8) is 0 Å². The fourth-order valence-electron chi connectivity index (χ4n) is 14.1. The van der Waals surface area contributed by atoms with E-state index in [4.69, 9.17) is 0 Å². The molecule has 0 N–H and O–H groups in total. The first-order valence-electron chi connectivity index (χ1n) is 26.3. The molecule has 0 saturated heterocycles. The van der Waals surface area contributed by atoms with Crippen molar-refractivity contribution >= 4 is 132 Å². The first-order chi connectivity index (χ1) is 34.5. The summed E-state index contributed by atoms with van der Waals surface area (Å²) in [6.45, 7) is 24.1. The van der Waals surface area contributed by atoms with Gasteiger partial charge in [-0.1, -0.05) is 134 Å². The highest BCUT2D eigenvalue weighted by Crippen LogP contribution is 2.63. The predicted octanol–water partition coefficient (Wildman–Crippen LogP) is 17.5. The van der Waals surface area contributed by atoms with E-state index in [1.54, 1.807) is 5.56 Å². The molecule has 0 radical (unpaired) electrons. The van der Waals surface area contributed by atoms with Crippen LogP contribution in [0.1, 0.15) is 109 Å². The molecule has 8 aromatic carbocycles. The zero-order valence-corrected chi connectivity index (χ0v) is 45.1. The molecule has 72 heavy (non-hydrogen) atoms. The van der Waals surface area contributed by atoms with E-state index in [1.165, 1.54) is 144 Å². The number of fused-ring (bicyclic) bond motifs is 13. The molecule has 1 fully saturated rings. The highest BCUT2D eigenvalue weighted by molar-refractivity contribution is 7.26. The lowest BCUT2D eigenvalue weighted by molar-refractivity contribution is 0.194. The Kier molecular flexibility index (Phi) is 9.32. The van der Waals surface area contributed by atoms with E-state index in [-0.39, 0.29) is 28.5 Å². The molecule has 2 unspecified atom stereocenters. The predicted molar refractivity (Wildman–Crippen MR) is 316 cm³/mol. The second kappa shape index (κ2) is 15.1. The van der Waals surface area contributed by atoms with Crippen molar-refractivity contribution in [2.45, 2.75) is 117 Å². The van der Waals surface area contributed by atoms with Gasteiger partial charge in [-0.05, 0) is 161 Å². The molecule has 0 amide bonds. The Morgan fingerprint density at radius 2 is 1.01 bits per heavy atom. The molecule has 0 bridgehead atoms. The van der Waals surface area contributed by atoms with Crippen LogP contribution in [-0.4, -0.2) is 12.3 Å². The third-order valence-corrected chi connectivity index (χ3v) is 20.1. The van der Waals surface area contributed by atoms with Crippen LogP contribution in [0.15, 0.2) is 146 Å². The maximum absolute atomic E-state index is 2.84. The molecule has 3 nitrogen and oxygen atoms in total. The average Bonchev–Trinajstić information content (AvgIpc) is 3.97. The molecule has 3 aliphatic heterocycles. The molecular formula is C66H62BN3S2. The third kappa shape index (κ3) is 6.15. The van der Waals surface area contributed by atoms with E-state index >= 15 is 0 Å². The Morgan fingerprint density at radius 1 is 0.472 bits per heavy atom. The first kappa shape index (κ1) is 44.4. The van der Waals surface area contributed by atoms with Crippen LogP contribution >= 0.6 is 22.7 Å². The quantitative estimate of drug-likeness (QED) is 0.163. The van der Waals surface area contributed by atoms with Crippen LogP contribution in [0.4, 0.5) is 45.5 Å². The molecule has 4 aliphatic rings. The zero-order chi connectivity index (χ0) is 49.4. The molecule has 6 heteroatoms. The lowest BCUT2D eigenvalue weighted by Crippen LogP contribution is -2.61. The van der Waals surface area contributed by atoms with Crippen molar-refractivity contribution < 1.29 is 0 Å². The lowest BCUT2D eigenvalue weighted by Gasteiger charge is -2.51. The van der Waals surface area contributed by atoms with Crippen LogP contribution in [0, 0.1) is 13.8 Å². The number of benzene rings is 8. The van der Waals surface area contributed by atoms with Gasteiger partial charge in [0.15, 0.2) is 0 Å². The molecule has 14 rings (SSSR count). The first-order valence-corrected chi connectivity index (χ1v) is 28.0. The smallest absolute Gasteiger partial charge is 0.252 e. The summed E-state index contributed by atoms with van der Waals surface area (Å²) >= 11 is 3.81. The maximum atomic E-state index is 2.84. The van der Waals surface area contributed by atoms with Crippen LogP contribution in [0.5, 0.6) is 0 Å². The second-order valence-electron chi connectivity index (χ2n) is 24.2. The summed E-state index contributed by atoms with van der Waals surface area (Å²) in [4.78, 5) is 8.20. The molecule has 356 valence electrons. The minimum absolute atomic E-state index is 0.00686. The van der Waals surface area contributed by atoms with Crippen molar-refractivity contribution in [3.8, 4) is 0 Å². The lowest BCUT2D eigenvalue weighted by atomic mass is 9.33. The van der Waals surface area contributed by atoms with Gasteiger partial charge in [0.1, 0.15) is 0 Å². The van der Waals surface area contributed by atoms with Crippen LogP contribution in [0.3, 0.4) is 0 Å². The van der Waals surface area contributed by atoms with Gasteiger partial charge in [-0.25, -0.2) is 0 Å². The normalized spacial score (nSPS) is 19.3. The van der Waals surface area contributed by atoms with Crippen LogP contribution in [0.25, 0.3) is 40.3 Å². The summed E-state index contributed by atoms with van der Waals surface area (Å²) in [5.41, 5.74) is 20.9. The van der Waals surface area contributed by atoms with E-state index in [0.717, 1.165) is 6.42 Å². The van der Waals surface area contributed by atoms with E-state index in [9.17, 15) is 0 Å². The monoisotopic (exact) mass is 971 g/mol. The Morgan fingerprint density at radius 3 is 1.65 bits per heavy atom. The second-order valence-corrected chi connectivity index (χ2v) is 26.4. The van der Waals surface area contributed by atoms with E-state index in [1.807, 2.05) is 22.7 Å². The van der Waals surface area contributed by atoms with Crippen molar-refractivity contribution in [1.82, 2.24) is 0 Å². The number of aryl methyl sites for hydroxylation is 2. The third-order valence-electron chi connectivity index (χ3n) is 17.8. The van der Waals surface area contributed by atoms with Gasteiger partial charge in [-0.15, -0.1) is 22.7 Å². The summed E-state index contributed by atoms with van der Waals surface area (Å²) < 4.78 is 5.30. The van der Waals surface area contributed by atoms with Crippen molar-refractivity contribution in [1.29, 1.82) is 0 Å². The molecule has 5 heterocycles. The zero-order valence-electron chi connectivity index (χ0n) is 43.4. The van der Waals surface area contributed by atoms with Gasteiger partial charge in [0.25, 0.3) is 6.71 Å². The number of hydrogen-bond donors (Lipinski definition) is 0. The fraction of sp³-hybridized carbons (Fsp3) is 0.273. The molecule has 0 spiro atoms. The standard InChI is InChI=1S/C66H62BN3S2/c1-39-31-40(2)61-54(32-39)70(66(10)30-16-15-29-65(61,66)9)45-36-55-62-56(37-45)69(44-23-25-48-46-17-11-13-19-57(46)72-60(48)38-44)53-34-42(64(6,7)8)22-27-51(53)67(62)50-26-21-41(63(3,4)5)33-52(50)68(55)43-24-28-59-49(35-43)47-18-12-14-20-58(47)71-59/h11-14,17-28,31-38H,15-16,29-30H2,1-10H3. The van der Waals surface area contributed by atoms with Crippen molar-refractivity contribution in [2.24, 2.45) is 0 Å². The van der Waals surface area contributed by atoms with Gasteiger partial charge in [0.05, 0.1) is 5.54 Å². The van der Waals surface area contributed by atoms with Crippen LogP contribution in [-0.2, 0) is 16.2 Å². The van der Waals surface area contributed by atoms with Gasteiger partial charge < -0.3 is 14.7 Å². The number of nitrogens with zero attached hydrogens (tertiary/aromatic N) is 3. The van der Waals surface area contributed by atoms with Gasteiger partial charge in [-0.3, -0.25) is 0 Å². The molecule has 2 aromatic heterocycles. The maximum Gasteiger partial charge on any atom is 0.252 e. The number of rotatable bonds is 3. The molecule has 10 aromatic rings. The number of anilines is 8. The summed E-state index contributed by atoms with van der Waals surface area (Å²) in [6.07, 6.45) is 4.80. The van der Waals surface area contributed by atoms with E-state index < -0.39 is 0 Å². The van der Waals surface area contributed by atoms with Crippen LogP contribution < -0.4 is 31.1 Å². The summed E-state index contributed by atoms with van der Waals surface area (Å²) in [5, 5.41) is 5.29. The van der Waals surface area contributed by atoms with Crippen molar-refractivity contribution in [2.75, 3.05) is 14.7 Å². The Bertz CT molecular complexity index is 3960. The van der Waals surface area contributed by atoms with Gasteiger partial charge >= 0.3 is 0 Å². The SMILES string of the molecule is Cc1cc(C)c2c(c1)N(c1cc3c4c(c1)N(c1ccc5sc6ccccc6c5c1)c1cc(C(C)(C)C)ccc1B4c1ccc(C(C)(C)C)cc1N3c1ccc3c(c1)sc1ccccc13)C1(C)CCCCC21C. The summed E-state index contributed by atoms with van der Waals surface area (Å²) in [6, 6.07) is 57.6. The highest BCUT2D eigenvalue weighted by Gasteiger charge is 2.59. The Balaban J connectivity index is 1.13. The minimum atomic E-state index is -0.134. The average molecular weight is 972 g/mol. The summed E-state index contributed by atoms with van der Waals surface area (Å²) in [5.74, 6) is 0. The fourth-order valence-corrected chi connectivity index (χ4v) is 16.3. The summed E-state index contributed by atoms with van der Waals surface area (Å²) in [7, 11) is 0.